The van der Waals surface area contributed by atoms with Crippen LogP contribution in [0.25, 0.3) is 6.08 Å². The number of rotatable bonds is 6. The Morgan fingerprint density at radius 1 is 1.42 bits per heavy atom. The number of carboxylic acid groups (broad SMARTS) is 1. The van der Waals surface area contributed by atoms with Crippen molar-refractivity contribution in [2.45, 2.75) is 0 Å². The highest BCUT2D eigenvalue weighted by Crippen LogP contribution is 2.36. The van der Waals surface area contributed by atoms with E-state index in [1.54, 1.807) is 18.2 Å². The maximum Gasteiger partial charge on any atom is 0.340 e. The van der Waals surface area contributed by atoms with E-state index in [4.69, 9.17) is 9.47 Å². The summed E-state index contributed by atoms with van der Waals surface area (Å²) in [5, 5.41) is 12.6. The van der Waals surface area contributed by atoms with Crippen LogP contribution in [0.3, 0.4) is 0 Å². The molecule has 0 bridgehead atoms. The summed E-state index contributed by atoms with van der Waals surface area (Å²) in [7, 11) is 2.78. The number of carbonyl (C=O) groups is 2. The van der Waals surface area contributed by atoms with Gasteiger partial charge in [-0.25, -0.2) is 4.79 Å². The molecule has 2 rings (SSSR count). The lowest BCUT2D eigenvalue weighted by atomic mass is 10.0. The smallest absolute Gasteiger partial charge is 0.340 e. The number of nitrogens with one attached hydrogen (secondary N) is 1. The zero-order valence-corrected chi connectivity index (χ0v) is 14.0. The second kappa shape index (κ2) is 7.69. The Morgan fingerprint density at radius 2 is 2.17 bits per heavy atom. The average molecular weight is 348 g/mol. The second-order valence-corrected chi connectivity index (χ2v) is 5.60. The van der Waals surface area contributed by atoms with Gasteiger partial charge in [-0.15, -0.1) is 6.58 Å². The topological polar surface area (TPSA) is 97.2 Å². The van der Waals surface area contributed by atoms with Crippen LogP contribution in [0.2, 0.25) is 0 Å². The molecular weight excluding hydrogens is 332 g/mol. The first kappa shape index (κ1) is 17.6. The van der Waals surface area contributed by atoms with Gasteiger partial charge < -0.3 is 19.9 Å². The minimum Gasteiger partial charge on any atom is -0.493 e. The number of ether oxygens (including phenoxy) is 2. The fraction of sp³-hybridized carbons (Fsp3) is 0.188. The molecule has 0 saturated carbocycles. The maximum atomic E-state index is 12.0. The summed E-state index contributed by atoms with van der Waals surface area (Å²) in [4.78, 5) is 28.1. The predicted molar refractivity (Wildman–Crippen MR) is 92.7 cm³/mol. The van der Waals surface area contributed by atoms with Gasteiger partial charge in [-0.1, -0.05) is 12.1 Å². The maximum absolute atomic E-state index is 12.0. The number of amidine groups is 1. The van der Waals surface area contributed by atoms with Gasteiger partial charge in [0.15, 0.2) is 16.7 Å². The predicted octanol–water partition coefficient (Wildman–Crippen LogP) is 2.15. The number of benzene rings is 1. The number of carbonyl (C=O) groups excluding carboxylic acids is 1. The van der Waals surface area contributed by atoms with Crippen molar-refractivity contribution in [1.29, 1.82) is 0 Å². The van der Waals surface area contributed by atoms with Crippen molar-refractivity contribution in [3.63, 3.8) is 0 Å². The van der Waals surface area contributed by atoms with Gasteiger partial charge in [-0.2, -0.15) is 0 Å². The lowest BCUT2D eigenvalue weighted by molar-refractivity contribution is -0.115. The number of aromatic carboxylic acids is 1. The van der Waals surface area contributed by atoms with E-state index < -0.39 is 5.97 Å². The first-order valence-corrected chi connectivity index (χ1v) is 7.68. The number of carboxylic acids is 1. The van der Waals surface area contributed by atoms with E-state index in [9.17, 15) is 14.7 Å². The molecule has 7 nitrogen and oxygen atoms in total. The monoisotopic (exact) mass is 348 g/mol. The molecule has 0 radical (unpaired) electrons. The fourth-order valence-corrected chi connectivity index (χ4v) is 2.89. The minimum atomic E-state index is -1.18. The van der Waals surface area contributed by atoms with E-state index in [2.05, 4.69) is 16.9 Å². The van der Waals surface area contributed by atoms with Crippen molar-refractivity contribution >= 4 is 34.9 Å². The second-order valence-electron chi connectivity index (χ2n) is 4.57. The first-order valence-electron chi connectivity index (χ1n) is 6.86. The Labute approximate surface area is 143 Å². The van der Waals surface area contributed by atoms with Gasteiger partial charge in [0.05, 0.1) is 25.7 Å². The molecule has 1 fully saturated rings. The van der Waals surface area contributed by atoms with Gasteiger partial charge in [-0.3, -0.25) is 9.79 Å². The third kappa shape index (κ3) is 3.60. The molecule has 1 aromatic carbocycles. The summed E-state index contributed by atoms with van der Waals surface area (Å²) in [6.45, 7) is 3.94. The highest BCUT2D eigenvalue weighted by Gasteiger charge is 2.26. The number of hydrogen-bond acceptors (Lipinski definition) is 6. The Morgan fingerprint density at radius 3 is 2.75 bits per heavy atom. The van der Waals surface area contributed by atoms with Crippen LogP contribution in [0.5, 0.6) is 11.5 Å². The number of hydrogen-bond donors (Lipinski definition) is 2. The molecule has 2 N–H and O–H groups in total. The fourth-order valence-electron chi connectivity index (χ4n) is 2.07. The first-order chi connectivity index (χ1) is 11.5. The van der Waals surface area contributed by atoms with Crippen LogP contribution in [0.4, 0.5) is 0 Å². The number of methoxy groups -OCH3 is 2. The zero-order chi connectivity index (χ0) is 17.7. The molecule has 126 valence electrons. The van der Waals surface area contributed by atoms with E-state index in [0.29, 0.717) is 27.9 Å². The van der Waals surface area contributed by atoms with Crippen LogP contribution in [0.1, 0.15) is 15.9 Å². The standard InChI is InChI=1S/C16H16N2O5S/c1-4-7-17-16-18-14(19)11(24-16)8-9-5-6-10(22-2)13(23-3)12(9)15(20)21/h4-6,8H,1,7H2,2-3H3,(H,20,21)(H,17,18,19)/b11-8-. The summed E-state index contributed by atoms with van der Waals surface area (Å²) in [5.74, 6) is -1.12. The molecular formula is C16H16N2O5S. The van der Waals surface area contributed by atoms with E-state index in [1.165, 1.54) is 20.3 Å². The van der Waals surface area contributed by atoms with Crippen LogP contribution in [-0.4, -0.2) is 42.9 Å². The largest absolute Gasteiger partial charge is 0.493 e. The molecule has 1 amide bonds. The van der Waals surface area contributed by atoms with Gasteiger partial charge >= 0.3 is 5.97 Å². The summed E-state index contributed by atoms with van der Waals surface area (Å²) in [6, 6.07) is 3.15. The summed E-state index contributed by atoms with van der Waals surface area (Å²) in [6.07, 6.45) is 3.10. The third-order valence-electron chi connectivity index (χ3n) is 3.09. The van der Waals surface area contributed by atoms with Crippen molar-refractivity contribution in [2.24, 2.45) is 4.99 Å². The molecule has 24 heavy (non-hydrogen) atoms. The van der Waals surface area contributed by atoms with Crippen molar-refractivity contribution < 1.29 is 24.2 Å². The molecule has 1 aliphatic heterocycles. The molecule has 1 heterocycles. The Bertz CT molecular complexity index is 755. The van der Waals surface area contributed by atoms with E-state index in [0.717, 1.165) is 11.8 Å². The number of thioether (sulfide) groups is 1. The van der Waals surface area contributed by atoms with E-state index in [1.807, 2.05) is 0 Å². The zero-order valence-electron chi connectivity index (χ0n) is 13.2. The SMILES string of the molecule is C=CCN=C1NC(=O)/C(=C/c2ccc(OC)c(OC)c2C(=O)O)S1. The molecule has 8 heteroatoms. The molecule has 1 aromatic rings. The highest BCUT2D eigenvalue weighted by atomic mass is 32.2. The summed E-state index contributed by atoms with van der Waals surface area (Å²) >= 11 is 1.14. The van der Waals surface area contributed by atoms with E-state index in [-0.39, 0.29) is 17.2 Å². The Balaban J connectivity index is 2.48. The number of aliphatic imine (C=N–C) groups is 1. The van der Waals surface area contributed by atoms with Crippen LogP contribution < -0.4 is 14.8 Å². The van der Waals surface area contributed by atoms with Crippen molar-refractivity contribution in [3.8, 4) is 11.5 Å². The molecule has 1 aliphatic rings. The van der Waals surface area contributed by atoms with Crippen LogP contribution in [-0.2, 0) is 4.79 Å². The summed E-state index contributed by atoms with van der Waals surface area (Å²) in [5.41, 5.74) is 0.261. The van der Waals surface area contributed by atoms with Crippen LogP contribution in [0, 0.1) is 0 Å². The highest BCUT2D eigenvalue weighted by molar-refractivity contribution is 8.18. The lowest BCUT2D eigenvalue weighted by Crippen LogP contribution is -2.19. The molecule has 0 aliphatic carbocycles. The van der Waals surface area contributed by atoms with Crippen LogP contribution in [0.15, 0.2) is 34.7 Å². The molecule has 0 unspecified atom stereocenters. The number of nitrogens with zero attached hydrogens (tertiary/aromatic N) is 1. The Kier molecular flexibility index (Phi) is 5.64. The van der Waals surface area contributed by atoms with Crippen molar-refractivity contribution in [1.82, 2.24) is 5.32 Å². The number of amides is 1. The molecule has 1 saturated heterocycles. The normalized spacial score (nSPS) is 17.0. The van der Waals surface area contributed by atoms with Gasteiger partial charge in [0.2, 0.25) is 0 Å². The average Bonchev–Trinajstić information content (AvgIpc) is 2.91. The third-order valence-corrected chi connectivity index (χ3v) is 4.04. The molecule has 0 aromatic heterocycles. The Hall–Kier alpha value is -2.74. The van der Waals surface area contributed by atoms with Gasteiger partial charge in [-0.05, 0) is 29.5 Å². The quantitative estimate of drug-likeness (QED) is 0.604. The van der Waals surface area contributed by atoms with Gasteiger partial charge in [0.25, 0.3) is 5.91 Å². The van der Waals surface area contributed by atoms with Crippen LogP contribution >= 0.6 is 11.8 Å². The summed E-state index contributed by atoms with van der Waals surface area (Å²) < 4.78 is 10.3. The van der Waals surface area contributed by atoms with E-state index >= 15 is 0 Å². The lowest BCUT2D eigenvalue weighted by Gasteiger charge is -2.12. The molecule has 0 spiro atoms. The van der Waals surface area contributed by atoms with Crippen molar-refractivity contribution in [2.75, 3.05) is 20.8 Å². The molecule has 0 atom stereocenters. The minimum absolute atomic E-state index is 0.0748. The van der Waals surface area contributed by atoms with Crippen molar-refractivity contribution in [3.05, 3.63) is 40.8 Å². The van der Waals surface area contributed by atoms with Gasteiger partial charge in [0, 0.05) is 0 Å². The van der Waals surface area contributed by atoms with Gasteiger partial charge in [0.1, 0.15) is 5.56 Å².